The van der Waals surface area contributed by atoms with Crippen LogP contribution in [0.4, 0.5) is 0 Å². The third kappa shape index (κ3) is 1.56. The van der Waals surface area contributed by atoms with Gasteiger partial charge in [0.1, 0.15) is 0 Å². The fourth-order valence-corrected chi connectivity index (χ4v) is 2.16. The number of hydrogen-bond acceptors (Lipinski definition) is 1. The first-order valence-corrected chi connectivity index (χ1v) is 5.22. The van der Waals surface area contributed by atoms with E-state index in [2.05, 4.69) is 31.8 Å². The molecule has 1 aromatic heterocycles. The maximum atomic E-state index is 11.8. The Kier molecular flexibility index (Phi) is 2.35. The van der Waals surface area contributed by atoms with Gasteiger partial charge in [0.15, 0.2) is 0 Å². The number of fused-ring (bicyclic) bond motifs is 1. The summed E-state index contributed by atoms with van der Waals surface area (Å²) < 4.78 is 0. The van der Waals surface area contributed by atoms with Crippen molar-refractivity contribution in [1.82, 2.24) is 4.98 Å². The van der Waals surface area contributed by atoms with Crippen LogP contribution in [0.1, 0.15) is 30.9 Å². The summed E-state index contributed by atoms with van der Waals surface area (Å²) in [6.07, 6.45) is 1.70. The molecule has 0 amide bonds. The van der Waals surface area contributed by atoms with Gasteiger partial charge in [0, 0.05) is 6.20 Å². The molecule has 15 heavy (non-hydrogen) atoms. The molecule has 2 nitrogen and oxygen atoms in total. The fraction of sp³-hybridized carbons (Fsp3) is 0.308. The van der Waals surface area contributed by atoms with Crippen molar-refractivity contribution in [3.05, 3.63) is 45.9 Å². The molecule has 0 radical (unpaired) electrons. The number of aromatic amines is 1. The minimum absolute atomic E-state index is 0.0138. The predicted octanol–water partition coefficient (Wildman–Crippen LogP) is 2.96. The first kappa shape index (κ1) is 9.97. The van der Waals surface area contributed by atoms with E-state index in [1.165, 1.54) is 5.56 Å². The highest BCUT2D eigenvalue weighted by atomic mass is 16.1. The van der Waals surface area contributed by atoms with Gasteiger partial charge in [-0.2, -0.15) is 0 Å². The zero-order chi connectivity index (χ0) is 11.0. The molecule has 0 spiro atoms. The lowest BCUT2D eigenvalue weighted by Gasteiger charge is -2.12. The molecule has 0 fully saturated rings. The van der Waals surface area contributed by atoms with E-state index < -0.39 is 0 Å². The van der Waals surface area contributed by atoms with Gasteiger partial charge in [0.25, 0.3) is 5.56 Å². The normalized spacial score (nSPS) is 11.2. The number of nitrogens with one attached hydrogen (secondary N) is 1. The number of hydrogen-bond donors (Lipinski definition) is 1. The van der Waals surface area contributed by atoms with Crippen LogP contribution in [-0.4, -0.2) is 4.98 Å². The van der Waals surface area contributed by atoms with Gasteiger partial charge in [0.05, 0.1) is 5.39 Å². The zero-order valence-electron chi connectivity index (χ0n) is 9.29. The van der Waals surface area contributed by atoms with Crippen LogP contribution in [0, 0.1) is 6.92 Å². The van der Waals surface area contributed by atoms with Crippen molar-refractivity contribution in [3.63, 3.8) is 0 Å². The van der Waals surface area contributed by atoms with Gasteiger partial charge in [0.2, 0.25) is 0 Å². The SMILES string of the molecule is Cc1ccc2cc[nH]c(=O)c2c1C(C)C. The van der Waals surface area contributed by atoms with Crippen molar-refractivity contribution in [3.8, 4) is 0 Å². The molecule has 0 aliphatic carbocycles. The van der Waals surface area contributed by atoms with E-state index in [1.54, 1.807) is 6.20 Å². The topological polar surface area (TPSA) is 32.9 Å². The Bertz CT molecular complexity index is 552. The minimum atomic E-state index is 0.0138. The van der Waals surface area contributed by atoms with Gasteiger partial charge >= 0.3 is 0 Å². The summed E-state index contributed by atoms with van der Waals surface area (Å²) in [4.78, 5) is 14.5. The molecule has 0 aliphatic rings. The van der Waals surface area contributed by atoms with Crippen molar-refractivity contribution < 1.29 is 0 Å². The molecule has 2 aromatic rings. The van der Waals surface area contributed by atoms with E-state index in [9.17, 15) is 4.79 Å². The monoisotopic (exact) mass is 201 g/mol. The Balaban J connectivity index is 2.98. The Morgan fingerprint density at radius 2 is 1.93 bits per heavy atom. The molecule has 1 N–H and O–H groups in total. The highest BCUT2D eigenvalue weighted by Gasteiger charge is 2.10. The molecule has 0 bridgehead atoms. The highest BCUT2D eigenvalue weighted by molar-refractivity contribution is 5.86. The lowest BCUT2D eigenvalue weighted by atomic mass is 9.93. The first-order valence-electron chi connectivity index (χ1n) is 5.22. The van der Waals surface area contributed by atoms with Crippen LogP contribution in [0.15, 0.2) is 29.2 Å². The fourth-order valence-electron chi connectivity index (χ4n) is 2.16. The molecule has 2 rings (SSSR count). The summed E-state index contributed by atoms with van der Waals surface area (Å²) in [5, 5.41) is 1.86. The number of pyridine rings is 1. The van der Waals surface area contributed by atoms with Gasteiger partial charge in [-0.15, -0.1) is 0 Å². The van der Waals surface area contributed by atoms with E-state index in [0.29, 0.717) is 5.92 Å². The van der Waals surface area contributed by atoms with E-state index in [0.717, 1.165) is 16.3 Å². The molecule has 0 aliphatic heterocycles. The van der Waals surface area contributed by atoms with Crippen molar-refractivity contribution in [2.24, 2.45) is 0 Å². The lowest BCUT2D eigenvalue weighted by Crippen LogP contribution is -2.09. The summed E-state index contributed by atoms with van der Waals surface area (Å²) in [5.41, 5.74) is 2.36. The smallest absolute Gasteiger partial charge is 0.256 e. The number of aromatic nitrogens is 1. The van der Waals surface area contributed by atoms with Gasteiger partial charge in [-0.25, -0.2) is 0 Å². The molecule has 2 heteroatoms. The number of benzene rings is 1. The lowest BCUT2D eigenvalue weighted by molar-refractivity contribution is 0.865. The second kappa shape index (κ2) is 3.54. The summed E-state index contributed by atoms with van der Waals surface area (Å²) in [6, 6.07) is 6.03. The highest BCUT2D eigenvalue weighted by Crippen LogP contribution is 2.25. The number of H-pyrrole nitrogens is 1. The second-order valence-corrected chi connectivity index (χ2v) is 4.22. The Labute approximate surface area is 89.0 Å². The van der Waals surface area contributed by atoms with Crippen LogP contribution in [0.5, 0.6) is 0 Å². The quantitative estimate of drug-likeness (QED) is 0.756. The third-order valence-corrected chi connectivity index (χ3v) is 2.78. The van der Waals surface area contributed by atoms with E-state index in [1.807, 2.05) is 12.1 Å². The average Bonchev–Trinajstić information content (AvgIpc) is 2.18. The van der Waals surface area contributed by atoms with E-state index in [-0.39, 0.29) is 5.56 Å². The average molecular weight is 201 g/mol. The number of rotatable bonds is 1. The molecule has 78 valence electrons. The van der Waals surface area contributed by atoms with Gasteiger partial charge < -0.3 is 4.98 Å². The van der Waals surface area contributed by atoms with Crippen molar-refractivity contribution >= 4 is 10.8 Å². The predicted molar refractivity (Wildman–Crippen MR) is 63.4 cm³/mol. The van der Waals surface area contributed by atoms with Gasteiger partial charge in [-0.1, -0.05) is 26.0 Å². The molecular formula is C13H15NO. The molecule has 0 unspecified atom stereocenters. The summed E-state index contributed by atoms with van der Waals surface area (Å²) in [5.74, 6) is 0.372. The molecule has 1 aromatic carbocycles. The first-order chi connectivity index (χ1) is 7.11. The molecular weight excluding hydrogens is 186 g/mol. The molecule has 0 saturated carbocycles. The van der Waals surface area contributed by atoms with Gasteiger partial charge in [-0.05, 0) is 35.4 Å². The maximum absolute atomic E-state index is 11.8. The van der Waals surface area contributed by atoms with Crippen LogP contribution in [-0.2, 0) is 0 Å². The zero-order valence-corrected chi connectivity index (χ0v) is 9.29. The Hall–Kier alpha value is -1.57. The number of aryl methyl sites for hydroxylation is 1. The van der Waals surface area contributed by atoms with Gasteiger partial charge in [-0.3, -0.25) is 4.79 Å². The largest absolute Gasteiger partial charge is 0.329 e. The van der Waals surface area contributed by atoms with Crippen molar-refractivity contribution in [1.29, 1.82) is 0 Å². The summed E-state index contributed by atoms with van der Waals surface area (Å²) in [6.45, 7) is 6.30. The molecule has 0 saturated heterocycles. The van der Waals surface area contributed by atoms with Crippen LogP contribution >= 0.6 is 0 Å². The maximum Gasteiger partial charge on any atom is 0.256 e. The Morgan fingerprint density at radius 3 is 2.60 bits per heavy atom. The van der Waals surface area contributed by atoms with Crippen LogP contribution in [0.2, 0.25) is 0 Å². The van der Waals surface area contributed by atoms with E-state index in [4.69, 9.17) is 0 Å². The van der Waals surface area contributed by atoms with Crippen LogP contribution in [0.3, 0.4) is 0 Å². The summed E-state index contributed by atoms with van der Waals surface area (Å²) >= 11 is 0. The van der Waals surface area contributed by atoms with E-state index >= 15 is 0 Å². The van der Waals surface area contributed by atoms with Crippen LogP contribution in [0.25, 0.3) is 10.8 Å². The van der Waals surface area contributed by atoms with Crippen molar-refractivity contribution in [2.75, 3.05) is 0 Å². The summed E-state index contributed by atoms with van der Waals surface area (Å²) in [7, 11) is 0. The van der Waals surface area contributed by atoms with Crippen molar-refractivity contribution in [2.45, 2.75) is 26.7 Å². The standard InChI is InChI=1S/C13H15NO/c1-8(2)11-9(3)4-5-10-6-7-14-13(15)12(10)11/h4-8H,1-3H3,(H,14,15). The van der Waals surface area contributed by atoms with Crippen LogP contribution < -0.4 is 5.56 Å². The minimum Gasteiger partial charge on any atom is -0.329 e. The second-order valence-electron chi connectivity index (χ2n) is 4.22. The molecule has 0 atom stereocenters. The third-order valence-electron chi connectivity index (χ3n) is 2.78. The Morgan fingerprint density at radius 1 is 1.20 bits per heavy atom. The molecule has 1 heterocycles.